The number of aromatic nitrogens is 2. The van der Waals surface area contributed by atoms with Crippen LogP contribution in [0, 0.1) is 13.8 Å². The first kappa shape index (κ1) is 18.2. The molecule has 3 rings (SSSR count). The lowest BCUT2D eigenvalue weighted by atomic mass is 10.2. The Morgan fingerprint density at radius 3 is 2.23 bits per heavy atom. The number of rotatable bonds is 4. The summed E-state index contributed by atoms with van der Waals surface area (Å²) in [5.74, 6) is -0.0329. The summed E-state index contributed by atoms with van der Waals surface area (Å²) in [5.41, 5.74) is 3.33. The number of carbonyl (C=O) groups excluding carboxylic acids is 1. The van der Waals surface area contributed by atoms with Gasteiger partial charge in [0.05, 0.1) is 0 Å². The third-order valence-corrected chi connectivity index (χ3v) is 4.74. The van der Waals surface area contributed by atoms with Crippen molar-refractivity contribution >= 4 is 46.4 Å². The third-order valence-electron chi connectivity index (χ3n) is 3.92. The van der Waals surface area contributed by atoms with Gasteiger partial charge >= 0.3 is 0 Å². The van der Waals surface area contributed by atoms with Gasteiger partial charge in [0.25, 0.3) is 5.91 Å². The van der Waals surface area contributed by atoms with E-state index in [9.17, 15) is 4.79 Å². The van der Waals surface area contributed by atoms with Gasteiger partial charge in [-0.15, -0.1) is 0 Å². The smallest absolute Gasteiger partial charge is 0.274 e. The van der Waals surface area contributed by atoms with Crippen molar-refractivity contribution in [1.29, 1.82) is 0 Å². The van der Waals surface area contributed by atoms with Crippen LogP contribution in [0.25, 0.3) is 0 Å². The van der Waals surface area contributed by atoms with Crippen molar-refractivity contribution in [2.24, 2.45) is 0 Å². The molecule has 0 saturated heterocycles. The Morgan fingerprint density at radius 1 is 0.923 bits per heavy atom. The summed E-state index contributed by atoms with van der Waals surface area (Å²) in [7, 11) is 0. The van der Waals surface area contributed by atoms with E-state index in [1.807, 2.05) is 26.0 Å². The molecule has 132 valence electrons. The first-order chi connectivity index (χ1) is 12.5. The van der Waals surface area contributed by atoms with Gasteiger partial charge in [0.1, 0.15) is 5.69 Å². The highest BCUT2D eigenvalue weighted by atomic mass is 35.5. The van der Waals surface area contributed by atoms with Crippen LogP contribution in [0.2, 0.25) is 10.0 Å². The van der Waals surface area contributed by atoms with Crippen LogP contribution in [-0.2, 0) is 0 Å². The van der Waals surface area contributed by atoms with Crippen LogP contribution in [0.5, 0.6) is 0 Å². The van der Waals surface area contributed by atoms with Crippen LogP contribution in [0.15, 0.2) is 48.7 Å². The van der Waals surface area contributed by atoms with E-state index < -0.39 is 0 Å². The lowest BCUT2D eigenvalue weighted by Gasteiger charge is -2.11. The third kappa shape index (κ3) is 3.95. The zero-order valence-corrected chi connectivity index (χ0v) is 15.7. The van der Waals surface area contributed by atoms with Crippen molar-refractivity contribution in [3.8, 4) is 0 Å². The van der Waals surface area contributed by atoms with Crippen molar-refractivity contribution in [2.45, 2.75) is 13.8 Å². The Morgan fingerprint density at radius 2 is 1.54 bits per heavy atom. The van der Waals surface area contributed by atoms with E-state index in [1.54, 1.807) is 30.3 Å². The topological polar surface area (TPSA) is 66.9 Å². The molecule has 1 aromatic heterocycles. The first-order valence-electron chi connectivity index (χ1n) is 7.87. The fraction of sp³-hybridized carbons (Fsp3) is 0.105. The SMILES string of the molecule is Cc1c(Cl)cccc1NC(=O)c1ccnc(Nc2cccc(Cl)c2C)n1. The van der Waals surface area contributed by atoms with Crippen molar-refractivity contribution < 1.29 is 4.79 Å². The standard InChI is InChI=1S/C19H16Cl2N4O/c1-11-13(20)5-3-7-15(11)23-18(26)17-9-10-22-19(25-17)24-16-8-4-6-14(21)12(16)2/h3-10H,1-2H3,(H,23,26)(H,22,24,25). The van der Waals surface area contributed by atoms with Crippen LogP contribution in [0.1, 0.15) is 21.6 Å². The van der Waals surface area contributed by atoms with Gasteiger partial charge in [-0.25, -0.2) is 9.97 Å². The second-order valence-corrected chi connectivity index (χ2v) is 6.48. The highest BCUT2D eigenvalue weighted by Gasteiger charge is 2.12. The molecular weight excluding hydrogens is 371 g/mol. The van der Waals surface area contributed by atoms with Gasteiger partial charge in [-0.1, -0.05) is 35.3 Å². The number of anilines is 3. The normalized spacial score (nSPS) is 10.5. The molecule has 0 saturated carbocycles. The Kier molecular flexibility index (Phi) is 5.40. The summed E-state index contributed by atoms with van der Waals surface area (Å²) in [4.78, 5) is 20.9. The first-order valence-corrected chi connectivity index (χ1v) is 8.63. The van der Waals surface area contributed by atoms with Crippen LogP contribution in [0.4, 0.5) is 17.3 Å². The number of nitrogens with one attached hydrogen (secondary N) is 2. The zero-order chi connectivity index (χ0) is 18.7. The second kappa shape index (κ2) is 7.72. The number of carbonyl (C=O) groups is 1. The molecular formula is C19H16Cl2N4O. The Labute approximate surface area is 161 Å². The van der Waals surface area contributed by atoms with Crippen LogP contribution >= 0.6 is 23.2 Å². The van der Waals surface area contributed by atoms with E-state index in [-0.39, 0.29) is 11.6 Å². The maximum atomic E-state index is 12.5. The average Bonchev–Trinajstić information content (AvgIpc) is 2.63. The molecule has 0 spiro atoms. The average molecular weight is 387 g/mol. The number of amides is 1. The molecule has 2 N–H and O–H groups in total. The quantitative estimate of drug-likeness (QED) is 0.629. The summed E-state index contributed by atoms with van der Waals surface area (Å²) >= 11 is 12.2. The van der Waals surface area contributed by atoms with Gasteiger partial charge in [-0.05, 0) is 55.3 Å². The fourth-order valence-electron chi connectivity index (χ4n) is 2.34. The largest absolute Gasteiger partial charge is 0.324 e. The Bertz CT molecular complexity index is 976. The molecule has 0 radical (unpaired) electrons. The van der Waals surface area contributed by atoms with E-state index in [0.29, 0.717) is 21.7 Å². The van der Waals surface area contributed by atoms with Crippen molar-refractivity contribution in [3.63, 3.8) is 0 Å². The number of benzene rings is 2. The number of hydrogen-bond acceptors (Lipinski definition) is 4. The monoisotopic (exact) mass is 386 g/mol. The van der Waals surface area contributed by atoms with Crippen molar-refractivity contribution in [3.05, 3.63) is 75.5 Å². The molecule has 5 nitrogen and oxygen atoms in total. The molecule has 0 unspecified atom stereocenters. The molecule has 2 aromatic carbocycles. The summed E-state index contributed by atoms with van der Waals surface area (Å²) in [6, 6.07) is 12.4. The van der Waals surface area contributed by atoms with Gasteiger partial charge in [0.2, 0.25) is 5.95 Å². The van der Waals surface area contributed by atoms with Gasteiger partial charge in [-0.2, -0.15) is 0 Å². The summed E-state index contributed by atoms with van der Waals surface area (Å²) in [5, 5.41) is 7.13. The zero-order valence-electron chi connectivity index (χ0n) is 14.2. The van der Waals surface area contributed by atoms with Gasteiger partial charge in [-0.3, -0.25) is 4.79 Å². The lowest BCUT2D eigenvalue weighted by molar-refractivity contribution is 0.102. The van der Waals surface area contributed by atoms with Crippen LogP contribution in [0.3, 0.4) is 0 Å². The van der Waals surface area contributed by atoms with Crippen LogP contribution in [-0.4, -0.2) is 15.9 Å². The number of halogens is 2. The Hall–Kier alpha value is -2.63. The van der Waals surface area contributed by atoms with Crippen LogP contribution < -0.4 is 10.6 Å². The molecule has 7 heteroatoms. The number of hydrogen-bond donors (Lipinski definition) is 2. The predicted octanol–water partition coefficient (Wildman–Crippen LogP) is 5.40. The van der Waals surface area contributed by atoms with E-state index in [4.69, 9.17) is 23.2 Å². The molecule has 0 aliphatic carbocycles. The van der Waals surface area contributed by atoms with Crippen molar-refractivity contribution in [1.82, 2.24) is 9.97 Å². The molecule has 0 atom stereocenters. The summed E-state index contributed by atoms with van der Waals surface area (Å²) in [6.45, 7) is 3.73. The van der Waals surface area contributed by atoms with Gasteiger partial charge < -0.3 is 10.6 Å². The minimum absolute atomic E-state index is 0.238. The number of nitrogens with zero attached hydrogens (tertiary/aromatic N) is 2. The highest BCUT2D eigenvalue weighted by Crippen LogP contribution is 2.25. The highest BCUT2D eigenvalue weighted by molar-refractivity contribution is 6.32. The molecule has 0 fully saturated rings. The fourth-order valence-corrected chi connectivity index (χ4v) is 2.69. The van der Waals surface area contributed by atoms with E-state index in [0.717, 1.165) is 16.8 Å². The molecule has 0 aliphatic rings. The molecule has 0 bridgehead atoms. The van der Waals surface area contributed by atoms with Gasteiger partial charge in [0, 0.05) is 27.6 Å². The Balaban J connectivity index is 1.81. The maximum Gasteiger partial charge on any atom is 0.274 e. The summed E-state index contributed by atoms with van der Waals surface area (Å²) < 4.78 is 0. The minimum Gasteiger partial charge on any atom is -0.324 e. The van der Waals surface area contributed by atoms with E-state index in [2.05, 4.69) is 20.6 Å². The molecule has 3 aromatic rings. The molecule has 1 amide bonds. The molecule has 26 heavy (non-hydrogen) atoms. The van der Waals surface area contributed by atoms with Gasteiger partial charge in [0.15, 0.2) is 0 Å². The van der Waals surface area contributed by atoms with E-state index >= 15 is 0 Å². The molecule has 0 aliphatic heterocycles. The van der Waals surface area contributed by atoms with E-state index in [1.165, 1.54) is 6.20 Å². The lowest BCUT2D eigenvalue weighted by Crippen LogP contribution is -2.15. The molecule has 1 heterocycles. The maximum absolute atomic E-state index is 12.5. The van der Waals surface area contributed by atoms with Crippen molar-refractivity contribution in [2.75, 3.05) is 10.6 Å². The minimum atomic E-state index is -0.344. The second-order valence-electron chi connectivity index (χ2n) is 5.67. The predicted molar refractivity (Wildman–Crippen MR) is 106 cm³/mol. The summed E-state index contributed by atoms with van der Waals surface area (Å²) in [6.07, 6.45) is 1.52.